The lowest BCUT2D eigenvalue weighted by molar-refractivity contribution is 0.0998. The molecule has 0 aliphatic carbocycles. The molecule has 0 bridgehead atoms. The summed E-state index contributed by atoms with van der Waals surface area (Å²) in [7, 11) is 1.58. The molecule has 0 radical (unpaired) electrons. The van der Waals surface area contributed by atoms with Crippen LogP contribution in [-0.4, -0.2) is 42.2 Å². The lowest BCUT2D eigenvalue weighted by Crippen LogP contribution is -2.14. The summed E-state index contributed by atoms with van der Waals surface area (Å²) < 4.78 is 20.5. The molecule has 0 saturated carbocycles. The van der Waals surface area contributed by atoms with Crippen molar-refractivity contribution in [2.24, 2.45) is 15.8 Å². The number of aromatic nitrogens is 1. The summed E-state index contributed by atoms with van der Waals surface area (Å²) in [4.78, 5) is 16.6. The highest BCUT2D eigenvalue weighted by Crippen LogP contribution is 2.26. The normalized spacial score (nSPS) is 12.0. The largest absolute Gasteiger partial charge is 0.507 e. The summed E-state index contributed by atoms with van der Waals surface area (Å²) in [5, 5.41) is 16.0. The van der Waals surface area contributed by atoms with E-state index in [-0.39, 0.29) is 11.3 Å². The van der Waals surface area contributed by atoms with Gasteiger partial charge in [-0.05, 0) is 24.3 Å². The van der Waals surface area contributed by atoms with Gasteiger partial charge in [-0.2, -0.15) is 5.10 Å². The topological polar surface area (TPSA) is 102 Å². The number of nitrogens with zero attached hydrogens (tertiary/aromatic N) is 3. The third kappa shape index (κ3) is 4.76. The molecule has 29 heavy (non-hydrogen) atoms. The van der Waals surface area contributed by atoms with Gasteiger partial charge in [-0.15, -0.1) is 11.3 Å². The van der Waals surface area contributed by atoms with Gasteiger partial charge >= 0.3 is 0 Å². The van der Waals surface area contributed by atoms with Crippen molar-refractivity contribution in [1.82, 2.24) is 4.68 Å². The standard InChI is InChI=1S/C20H19FN4O3S/c1-28-9-8-23-20-25(24-11-14-4-2-3-5-16(14)21)17(12-29-20)13-6-7-18(26)15(10-13)19(22)27/h2-7,10-12,26H,8-9H2,1H3,(H2,22,27)/b23-20?,24-11+. The number of rotatable bonds is 7. The number of ether oxygens (including phenoxy) is 1. The van der Waals surface area contributed by atoms with Gasteiger partial charge in [0, 0.05) is 23.6 Å². The number of hydrogen-bond acceptors (Lipinski definition) is 6. The van der Waals surface area contributed by atoms with Gasteiger partial charge in [0.2, 0.25) is 4.80 Å². The van der Waals surface area contributed by atoms with E-state index in [9.17, 15) is 14.3 Å². The van der Waals surface area contributed by atoms with E-state index in [1.54, 1.807) is 36.1 Å². The number of carbonyl (C=O) groups excluding carboxylic acids is 1. The molecule has 3 N–H and O–H groups in total. The second-order valence-corrected chi connectivity index (χ2v) is 6.79. The molecular formula is C20H19FN4O3S. The molecule has 1 amide bonds. The zero-order chi connectivity index (χ0) is 20.8. The van der Waals surface area contributed by atoms with Gasteiger partial charge in [-0.1, -0.05) is 18.2 Å². The van der Waals surface area contributed by atoms with Crippen molar-refractivity contribution < 1.29 is 19.0 Å². The van der Waals surface area contributed by atoms with E-state index in [1.807, 2.05) is 5.38 Å². The average Bonchev–Trinajstić information content (AvgIpc) is 3.10. The first-order valence-corrected chi connectivity index (χ1v) is 9.51. The molecule has 0 aliphatic rings. The van der Waals surface area contributed by atoms with Crippen molar-refractivity contribution in [2.45, 2.75) is 0 Å². The molecule has 0 atom stereocenters. The van der Waals surface area contributed by atoms with Crippen LogP contribution in [0, 0.1) is 5.82 Å². The van der Waals surface area contributed by atoms with E-state index in [0.29, 0.717) is 34.8 Å². The Morgan fingerprint density at radius 3 is 2.86 bits per heavy atom. The van der Waals surface area contributed by atoms with E-state index in [4.69, 9.17) is 10.5 Å². The second-order valence-electron chi connectivity index (χ2n) is 5.95. The number of aromatic hydroxyl groups is 1. The summed E-state index contributed by atoms with van der Waals surface area (Å²) in [6.45, 7) is 0.864. The van der Waals surface area contributed by atoms with Crippen LogP contribution in [0.2, 0.25) is 0 Å². The van der Waals surface area contributed by atoms with Crippen molar-refractivity contribution in [2.75, 3.05) is 20.3 Å². The maximum Gasteiger partial charge on any atom is 0.252 e. The van der Waals surface area contributed by atoms with Crippen LogP contribution in [0.15, 0.2) is 57.9 Å². The predicted molar refractivity (Wildman–Crippen MR) is 110 cm³/mol. The van der Waals surface area contributed by atoms with Crippen LogP contribution in [0.3, 0.4) is 0 Å². The van der Waals surface area contributed by atoms with Crippen molar-refractivity contribution in [1.29, 1.82) is 0 Å². The first-order valence-electron chi connectivity index (χ1n) is 8.63. The minimum atomic E-state index is -0.744. The third-order valence-electron chi connectivity index (χ3n) is 4.00. The highest BCUT2D eigenvalue weighted by molar-refractivity contribution is 7.07. The molecule has 0 spiro atoms. The number of benzene rings is 2. The van der Waals surface area contributed by atoms with Gasteiger partial charge in [0.25, 0.3) is 5.91 Å². The number of hydrogen-bond donors (Lipinski definition) is 2. The fraction of sp³-hybridized carbons (Fsp3) is 0.150. The van der Waals surface area contributed by atoms with Gasteiger partial charge in [0.15, 0.2) is 0 Å². The summed E-state index contributed by atoms with van der Waals surface area (Å²) in [5.41, 5.74) is 6.87. The van der Waals surface area contributed by atoms with Crippen LogP contribution in [0.4, 0.5) is 4.39 Å². The van der Waals surface area contributed by atoms with Crippen LogP contribution >= 0.6 is 11.3 Å². The molecule has 3 aromatic rings. The summed E-state index contributed by atoms with van der Waals surface area (Å²) in [6, 6.07) is 10.8. The number of primary amides is 1. The van der Waals surface area contributed by atoms with Crippen molar-refractivity contribution in [3.8, 4) is 17.0 Å². The first kappa shape index (κ1) is 20.4. The summed E-state index contributed by atoms with van der Waals surface area (Å²) in [6.07, 6.45) is 1.40. The molecule has 9 heteroatoms. The van der Waals surface area contributed by atoms with Gasteiger partial charge in [0.05, 0.1) is 30.6 Å². The smallest absolute Gasteiger partial charge is 0.252 e. The Morgan fingerprint density at radius 1 is 1.34 bits per heavy atom. The van der Waals surface area contributed by atoms with Gasteiger partial charge in [-0.25, -0.2) is 9.07 Å². The maximum atomic E-state index is 14.0. The highest BCUT2D eigenvalue weighted by atomic mass is 32.1. The number of halogens is 1. The molecule has 1 heterocycles. The minimum Gasteiger partial charge on any atom is -0.507 e. The fourth-order valence-corrected chi connectivity index (χ4v) is 3.41. The molecule has 3 rings (SSSR count). The van der Waals surface area contributed by atoms with Crippen LogP contribution in [0.5, 0.6) is 5.75 Å². The molecule has 0 fully saturated rings. The maximum absolute atomic E-state index is 14.0. The summed E-state index contributed by atoms with van der Waals surface area (Å²) >= 11 is 1.33. The average molecular weight is 414 g/mol. The van der Waals surface area contributed by atoms with Gasteiger partial charge in [-0.3, -0.25) is 9.79 Å². The monoisotopic (exact) mass is 414 g/mol. The van der Waals surface area contributed by atoms with E-state index < -0.39 is 11.7 Å². The third-order valence-corrected chi connectivity index (χ3v) is 4.86. The predicted octanol–water partition coefficient (Wildman–Crippen LogP) is 2.59. The Kier molecular flexibility index (Phi) is 6.53. The first-order chi connectivity index (χ1) is 14.0. The number of carbonyl (C=O) groups is 1. The van der Waals surface area contributed by atoms with Gasteiger partial charge in [0.1, 0.15) is 11.6 Å². The lowest BCUT2D eigenvalue weighted by atomic mass is 10.1. The zero-order valence-electron chi connectivity index (χ0n) is 15.6. The number of thiazole rings is 1. The van der Waals surface area contributed by atoms with Crippen LogP contribution in [0.25, 0.3) is 11.3 Å². The van der Waals surface area contributed by atoms with Crippen LogP contribution in [-0.2, 0) is 4.74 Å². The Bertz CT molecular complexity index is 1120. The number of nitrogens with two attached hydrogens (primary N) is 1. The molecule has 0 aliphatic heterocycles. The molecule has 1 aromatic heterocycles. The zero-order valence-corrected chi connectivity index (χ0v) is 16.4. The van der Waals surface area contributed by atoms with Crippen molar-refractivity contribution in [3.63, 3.8) is 0 Å². The lowest BCUT2D eigenvalue weighted by Gasteiger charge is -2.07. The quantitative estimate of drug-likeness (QED) is 0.459. The Balaban J connectivity index is 2.11. The number of phenols is 1. The highest BCUT2D eigenvalue weighted by Gasteiger charge is 2.13. The van der Waals surface area contributed by atoms with Crippen LogP contribution in [0.1, 0.15) is 15.9 Å². The SMILES string of the molecule is COCCN=c1scc(-c2ccc(O)c(C(N)=O)c2)n1/N=C/c1ccccc1F. The molecule has 150 valence electrons. The van der Waals surface area contributed by atoms with E-state index in [1.165, 1.54) is 35.8 Å². The molecular weight excluding hydrogens is 395 g/mol. The number of methoxy groups -OCH3 is 1. The van der Waals surface area contributed by atoms with E-state index >= 15 is 0 Å². The summed E-state index contributed by atoms with van der Waals surface area (Å²) in [5.74, 6) is -1.35. The van der Waals surface area contributed by atoms with E-state index in [2.05, 4.69) is 10.1 Å². The fourth-order valence-electron chi connectivity index (χ4n) is 2.54. The molecule has 7 nitrogen and oxygen atoms in total. The van der Waals surface area contributed by atoms with Crippen molar-refractivity contribution >= 4 is 23.5 Å². The van der Waals surface area contributed by atoms with Gasteiger partial charge < -0.3 is 15.6 Å². The minimum absolute atomic E-state index is 0.00351. The Morgan fingerprint density at radius 2 is 2.14 bits per heavy atom. The molecule has 2 aromatic carbocycles. The Hall–Kier alpha value is -3.30. The number of amides is 1. The Labute approximate surface area is 170 Å². The molecule has 0 unspecified atom stereocenters. The van der Waals surface area contributed by atoms with E-state index in [0.717, 1.165) is 0 Å². The molecule has 0 saturated heterocycles. The van der Waals surface area contributed by atoms with Crippen molar-refractivity contribution in [3.05, 3.63) is 69.6 Å². The second kappa shape index (κ2) is 9.26. The van der Waals surface area contributed by atoms with Crippen LogP contribution < -0.4 is 10.5 Å².